The van der Waals surface area contributed by atoms with Crippen LogP contribution in [-0.2, 0) is 0 Å². The van der Waals surface area contributed by atoms with E-state index < -0.39 is 0 Å². The Hall–Kier alpha value is -6.14. The Bertz CT molecular complexity index is 2390. The van der Waals surface area contributed by atoms with E-state index in [9.17, 15) is 0 Å². The molecule has 9 aromatic rings. The fraction of sp³-hybridized carbons (Fsp3) is 0. The van der Waals surface area contributed by atoms with Crippen molar-refractivity contribution < 1.29 is 4.42 Å². The summed E-state index contributed by atoms with van der Waals surface area (Å²) in [4.78, 5) is 19.6. The number of nitrogens with zero attached hydrogens (tertiary/aromatic N) is 5. The van der Waals surface area contributed by atoms with E-state index >= 15 is 0 Å². The topological polar surface area (TPSA) is 69.6 Å². The first kappa shape index (κ1) is 24.5. The quantitative estimate of drug-likeness (QED) is 0.213. The van der Waals surface area contributed by atoms with Crippen LogP contribution in [0.5, 0.6) is 0 Å². The van der Waals surface area contributed by atoms with Crippen LogP contribution in [0.1, 0.15) is 0 Å². The van der Waals surface area contributed by atoms with Gasteiger partial charge in [0, 0.05) is 33.5 Å². The highest BCUT2D eigenvalue weighted by atomic mass is 16.3. The van der Waals surface area contributed by atoms with Gasteiger partial charge >= 0.3 is 0 Å². The monoisotopic (exact) mass is 565 g/mol. The van der Waals surface area contributed by atoms with E-state index in [0.29, 0.717) is 17.5 Å². The molecular formula is C38H23N5O. The molecule has 4 heterocycles. The van der Waals surface area contributed by atoms with Gasteiger partial charge in [0.05, 0.1) is 22.2 Å². The molecule has 0 unspecified atom stereocenters. The minimum atomic E-state index is 0.558. The van der Waals surface area contributed by atoms with E-state index in [1.165, 1.54) is 0 Å². The van der Waals surface area contributed by atoms with Gasteiger partial charge in [-0.3, -0.25) is 4.57 Å². The summed E-state index contributed by atoms with van der Waals surface area (Å²) in [5, 5.41) is 4.27. The minimum absolute atomic E-state index is 0.558. The van der Waals surface area contributed by atoms with Crippen molar-refractivity contribution in [3.05, 3.63) is 140 Å². The number of pyridine rings is 1. The predicted molar refractivity (Wildman–Crippen MR) is 176 cm³/mol. The molecule has 5 aromatic carbocycles. The van der Waals surface area contributed by atoms with Crippen LogP contribution in [0.4, 0.5) is 0 Å². The highest BCUT2D eigenvalue weighted by Gasteiger charge is 2.21. The lowest BCUT2D eigenvalue weighted by molar-refractivity contribution is 0.669. The standard InChI is InChI=1S/C38H23N5O/c1-3-12-24(13-4-1)35-40-36(25-14-5-2-6-15-25)42-37(41-35)29-18-9-17-28-33-31(21-10-22-32(33)44-34(28)29)43-30-20-8-7-16-26(30)27-19-11-23-39-38(27)43/h1-23H. The van der Waals surface area contributed by atoms with Gasteiger partial charge in [-0.2, -0.15) is 0 Å². The smallest absolute Gasteiger partial charge is 0.167 e. The Morgan fingerprint density at radius 3 is 1.91 bits per heavy atom. The molecule has 0 atom stereocenters. The number of hydrogen-bond acceptors (Lipinski definition) is 5. The number of rotatable bonds is 4. The van der Waals surface area contributed by atoms with E-state index in [1.54, 1.807) is 0 Å². The maximum Gasteiger partial charge on any atom is 0.167 e. The van der Waals surface area contributed by atoms with Crippen LogP contribution in [0.2, 0.25) is 0 Å². The van der Waals surface area contributed by atoms with Crippen molar-refractivity contribution in [3.63, 3.8) is 0 Å². The van der Waals surface area contributed by atoms with E-state index in [2.05, 4.69) is 47.0 Å². The molecule has 0 amide bonds. The Morgan fingerprint density at radius 2 is 1.14 bits per heavy atom. The van der Waals surface area contributed by atoms with Gasteiger partial charge in [-0.15, -0.1) is 0 Å². The fourth-order valence-corrected chi connectivity index (χ4v) is 6.16. The third kappa shape index (κ3) is 3.75. The average Bonchev–Trinajstić information content (AvgIpc) is 3.65. The number of para-hydroxylation sites is 2. The van der Waals surface area contributed by atoms with Crippen LogP contribution in [0.25, 0.3) is 83.7 Å². The van der Waals surface area contributed by atoms with Crippen LogP contribution in [0, 0.1) is 0 Å². The Kier molecular flexibility index (Phi) is 5.40. The molecule has 0 aliphatic carbocycles. The molecule has 44 heavy (non-hydrogen) atoms. The van der Waals surface area contributed by atoms with Crippen molar-refractivity contribution in [2.45, 2.75) is 0 Å². The van der Waals surface area contributed by atoms with Crippen molar-refractivity contribution in [2.24, 2.45) is 0 Å². The largest absolute Gasteiger partial charge is 0.455 e. The molecule has 4 aromatic heterocycles. The van der Waals surface area contributed by atoms with Crippen LogP contribution in [-0.4, -0.2) is 24.5 Å². The van der Waals surface area contributed by atoms with Gasteiger partial charge in [0.25, 0.3) is 0 Å². The van der Waals surface area contributed by atoms with Crippen molar-refractivity contribution in [1.82, 2.24) is 24.5 Å². The molecule has 0 spiro atoms. The van der Waals surface area contributed by atoms with Crippen LogP contribution < -0.4 is 0 Å². The summed E-state index contributed by atoms with van der Waals surface area (Å²) in [7, 11) is 0. The molecule has 0 aliphatic rings. The zero-order valence-corrected chi connectivity index (χ0v) is 23.4. The Balaban J connectivity index is 1.32. The van der Waals surface area contributed by atoms with Gasteiger partial charge in [0.15, 0.2) is 17.5 Å². The summed E-state index contributed by atoms with van der Waals surface area (Å²) in [5.74, 6) is 1.78. The van der Waals surface area contributed by atoms with Gasteiger partial charge in [0.2, 0.25) is 0 Å². The molecule has 0 saturated heterocycles. The maximum atomic E-state index is 6.66. The third-order valence-corrected chi connectivity index (χ3v) is 8.12. The molecule has 6 heteroatoms. The Labute approximate surface area is 251 Å². The van der Waals surface area contributed by atoms with Gasteiger partial charge in [-0.05, 0) is 36.4 Å². The zero-order chi connectivity index (χ0) is 29.0. The predicted octanol–water partition coefficient (Wildman–Crippen LogP) is 9.26. The summed E-state index contributed by atoms with van der Waals surface area (Å²) in [6.45, 7) is 0. The zero-order valence-electron chi connectivity index (χ0n) is 23.4. The third-order valence-electron chi connectivity index (χ3n) is 8.12. The van der Waals surface area contributed by atoms with E-state index in [4.69, 9.17) is 24.4 Å². The molecule has 9 rings (SSSR count). The highest BCUT2D eigenvalue weighted by molar-refractivity contribution is 6.15. The van der Waals surface area contributed by atoms with E-state index in [-0.39, 0.29) is 0 Å². The first-order valence-electron chi connectivity index (χ1n) is 14.5. The van der Waals surface area contributed by atoms with E-state index in [1.807, 2.05) is 97.2 Å². The van der Waals surface area contributed by atoms with Gasteiger partial charge in [-0.25, -0.2) is 19.9 Å². The molecule has 206 valence electrons. The minimum Gasteiger partial charge on any atom is -0.455 e. The van der Waals surface area contributed by atoms with Crippen molar-refractivity contribution >= 4 is 43.9 Å². The molecule has 0 saturated carbocycles. The van der Waals surface area contributed by atoms with Crippen LogP contribution >= 0.6 is 0 Å². The lowest BCUT2D eigenvalue weighted by atomic mass is 10.1. The second kappa shape index (κ2) is 9.71. The summed E-state index contributed by atoms with van der Waals surface area (Å²) >= 11 is 0. The molecule has 0 N–H and O–H groups in total. The molecule has 0 radical (unpaired) electrons. The van der Waals surface area contributed by atoms with Crippen LogP contribution in [0.3, 0.4) is 0 Å². The molecule has 6 nitrogen and oxygen atoms in total. The van der Waals surface area contributed by atoms with Gasteiger partial charge < -0.3 is 4.42 Å². The van der Waals surface area contributed by atoms with Crippen molar-refractivity contribution in [2.75, 3.05) is 0 Å². The van der Waals surface area contributed by atoms with Crippen molar-refractivity contribution in [3.8, 4) is 39.9 Å². The summed E-state index contributed by atoms with van der Waals surface area (Å²) in [6.07, 6.45) is 1.85. The number of aromatic nitrogens is 5. The second-order valence-corrected chi connectivity index (χ2v) is 10.7. The van der Waals surface area contributed by atoms with Gasteiger partial charge in [0.1, 0.15) is 16.8 Å². The second-order valence-electron chi connectivity index (χ2n) is 10.7. The molecule has 0 bridgehead atoms. The maximum absolute atomic E-state index is 6.66. The molecule has 0 aliphatic heterocycles. The SMILES string of the molecule is c1ccc(-c2nc(-c3ccccc3)nc(-c3cccc4c3oc3cccc(-n5c6ccccc6c6cccnc65)c34)n2)cc1. The van der Waals surface area contributed by atoms with Gasteiger partial charge in [-0.1, -0.05) is 97.1 Å². The molecular weight excluding hydrogens is 542 g/mol. The summed E-state index contributed by atoms with van der Waals surface area (Å²) in [5.41, 5.74) is 7.18. The van der Waals surface area contributed by atoms with Crippen LogP contribution in [0.15, 0.2) is 144 Å². The first-order chi connectivity index (χ1) is 21.8. The van der Waals surface area contributed by atoms with Crippen molar-refractivity contribution in [1.29, 1.82) is 0 Å². The first-order valence-corrected chi connectivity index (χ1v) is 14.5. The lowest BCUT2D eigenvalue weighted by Gasteiger charge is -2.09. The van der Waals surface area contributed by atoms with E-state index in [0.717, 1.165) is 66.3 Å². The number of hydrogen-bond donors (Lipinski definition) is 0. The Morgan fingerprint density at radius 1 is 0.500 bits per heavy atom. The molecule has 0 fully saturated rings. The normalized spacial score (nSPS) is 11.6. The highest BCUT2D eigenvalue weighted by Crippen LogP contribution is 2.40. The number of furan rings is 1. The summed E-state index contributed by atoms with van der Waals surface area (Å²) in [6, 6.07) is 44.9. The lowest BCUT2D eigenvalue weighted by Crippen LogP contribution is -2.00. The number of benzene rings is 5. The average molecular weight is 566 g/mol. The fourth-order valence-electron chi connectivity index (χ4n) is 6.16. The number of fused-ring (bicyclic) bond motifs is 6. The summed E-state index contributed by atoms with van der Waals surface area (Å²) < 4.78 is 8.89.